The van der Waals surface area contributed by atoms with Gasteiger partial charge in [0.2, 0.25) is 5.88 Å². The molecule has 66 valence electrons. The van der Waals surface area contributed by atoms with Gasteiger partial charge < -0.3 is 4.74 Å². The summed E-state index contributed by atoms with van der Waals surface area (Å²) in [5.41, 5.74) is 0. The molecule has 0 saturated carbocycles. The molecule has 1 heterocycles. The maximum atomic E-state index is 5.47. The number of hydrogen-bond acceptors (Lipinski definition) is 2. The minimum Gasteiger partial charge on any atom is -0.438 e. The van der Waals surface area contributed by atoms with Crippen molar-refractivity contribution in [1.82, 2.24) is 9.78 Å². The van der Waals surface area contributed by atoms with E-state index in [1.807, 2.05) is 49.6 Å². The molecule has 1 aromatic carbocycles. The summed E-state index contributed by atoms with van der Waals surface area (Å²) in [7, 11) is 1.86. The Labute approximate surface area is 76.6 Å². The molecule has 1 aromatic heterocycles. The predicted octanol–water partition coefficient (Wildman–Crippen LogP) is 2.21. The molecule has 0 spiro atoms. The van der Waals surface area contributed by atoms with Crippen LogP contribution in [0.5, 0.6) is 11.6 Å². The van der Waals surface area contributed by atoms with Crippen molar-refractivity contribution < 1.29 is 4.74 Å². The van der Waals surface area contributed by atoms with Crippen molar-refractivity contribution in [2.75, 3.05) is 0 Å². The lowest BCUT2D eigenvalue weighted by molar-refractivity contribution is 0.454. The molecule has 0 unspecified atom stereocenters. The van der Waals surface area contributed by atoms with Gasteiger partial charge in [0.25, 0.3) is 0 Å². The molecule has 0 saturated heterocycles. The first-order valence-electron chi connectivity index (χ1n) is 4.07. The number of para-hydroxylation sites is 1. The van der Waals surface area contributed by atoms with Crippen LogP contribution in [0.2, 0.25) is 0 Å². The van der Waals surface area contributed by atoms with Crippen molar-refractivity contribution in [3.8, 4) is 11.6 Å². The van der Waals surface area contributed by atoms with Gasteiger partial charge in [0.15, 0.2) is 0 Å². The van der Waals surface area contributed by atoms with Crippen LogP contribution < -0.4 is 4.74 Å². The largest absolute Gasteiger partial charge is 0.438 e. The molecule has 0 bridgehead atoms. The molecule has 0 amide bonds. The van der Waals surface area contributed by atoms with Crippen LogP contribution >= 0.6 is 0 Å². The van der Waals surface area contributed by atoms with Crippen LogP contribution in [0.3, 0.4) is 0 Å². The minimum atomic E-state index is 0.619. The van der Waals surface area contributed by atoms with Gasteiger partial charge in [-0.3, -0.25) is 4.68 Å². The number of ether oxygens (including phenoxy) is 1. The van der Waals surface area contributed by atoms with Gasteiger partial charge >= 0.3 is 0 Å². The first kappa shape index (κ1) is 7.86. The van der Waals surface area contributed by atoms with Crippen molar-refractivity contribution in [1.29, 1.82) is 0 Å². The van der Waals surface area contributed by atoms with Crippen molar-refractivity contribution >= 4 is 0 Å². The summed E-state index contributed by atoms with van der Waals surface area (Å²) in [4.78, 5) is 0. The third-order valence-corrected chi connectivity index (χ3v) is 1.65. The number of benzene rings is 1. The van der Waals surface area contributed by atoms with E-state index < -0.39 is 0 Å². The fraction of sp³-hybridized carbons (Fsp3) is 0.100. The Morgan fingerprint density at radius 3 is 2.54 bits per heavy atom. The van der Waals surface area contributed by atoms with Crippen LogP contribution in [-0.2, 0) is 7.05 Å². The molecule has 3 heteroatoms. The fourth-order valence-corrected chi connectivity index (χ4v) is 1.06. The number of aryl methyl sites for hydroxylation is 1. The molecule has 0 aliphatic heterocycles. The van der Waals surface area contributed by atoms with E-state index in [1.54, 1.807) is 4.68 Å². The first-order valence-corrected chi connectivity index (χ1v) is 4.07. The zero-order chi connectivity index (χ0) is 9.10. The summed E-state index contributed by atoms with van der Waals surface area (Å²) in [6, 6.07) is 11.4. The van der Waals surface area contributed by atoms with E-state index in [0.29, 0.717) is 5.88 Å². The van der Waals surface area contributed by atoms with E-state index in [0.717, 1.165) is 5.75 Å². The molecule has 0 aliphatic rings. The van der Waals surface area contributed by atoms with Crippen LogP contribution in [0.25, 0.3) is 0 Å². The summed E-state index contributed by atoms with van der Waals surface area (Å²) in [6.45, 7) is 0. The maximum Gasteiger partial charge on any atom is 0.238 e. The van der Waals surface area contributed by atoms with E-state index in [2.05, 4.69) is 5.10 Å². The van der Waals surface area contributed by atoms with Gasteiger partial charge in [-0.2, -0.15) is 0 Å². The molecule has 0 radical (unpaired) electrons. The SMILES string of the molecule is Cn1ccc(Oc2ccccc2)n1. The zero-order valence-electron chi connectivity index (χ0n) is 7.34. The van der Waals surface area contributed by atoms with Gasteiger partial charge in [-0.15, -0.1) is 5.10 Å². The minimum absolute atomic E-state index is 0.619. The van der Waals surface area contributed by atoms with E-state index in [1.165, 1.54) is 0 Å². The van der Waals surface area contributed by atoms with Crippen molar-refractivity contribution in [2.45, 2.75) is 0 Å². The maximum absolute atomic E-state index is 5.47. The lowest BCUT2D eigenvalue weighted by Gasteiger charge is -1.99. The second kappa shape index (κ2) is 3.31. The lowest BCUT2D eigenvalue weighted by Crippen LogP contribution is -1.89. The van der Waals surface area contributed by atoms with Gasteiger partial charge in [-0.05, 0) is 12.1 Å². The first-order chi connectivity index (χ1) is 6.34. The molecular weight excluding hydrogens is 164 g/mol. The number of aromatic nitrogens is 2. The summed E-state index contributed by atoms with van der Waals surface area (Å²) in [6.07, 6.45) is 1.85. The van der Waals surface area contributed by atoms with Crippen molar-refractivity contribution in [3.05, 3.63) is 42.6 Å². The van der Waals surface area contributed by atoms with Crippen molar-refractivity contribution in [2.24, 2.45) is 7.05 Å². The van der Waals surface area contributed by atoms with Gasteiger partial charge in [0.1, 0.15) is 5.75 Å². The van der Waals surface area contributed by atoms with Gasteiger partial charge in [0.05, 0.1) is 0 Å². The molecular formula is C10H10N2O. The van der Waals surface area contributed by atoms with Crippen LogP contribution in [0, 0.1) is 0 Å². The zero-order valence-corrected chi connectivity index (χ0v) is 7.34. The summed E-state index contributed by atoms with van der Waals surface area (Å²) in [5.74, 6) is 1.43. The van der Waals surface area contributed by atoms with Gasteiger partial charge in [-0.25, -0.2) is 0 Å². The summed E-state index contributed by atoms with van der Waals surface area (Å²) in [5, 5.41) is 4.10. The monoisotopic (exact) mass is 174 g/mol. The topological polar surface area (TPSA) is 27.1 Å². The smallest absolute Gasteiger partial charge is 0.238 e. The van der Waals surface area contributed by atoms with Crippen molar-refractivity contribution in [3.63, 3.8) is 0 Å². The highest BCUT2D eigenvalue weighted by atomic mass is 16.5. The molecule has 0 atom stereocenters. The molecule has 2 rings (SSSR count). The quantitative estimate of drug-likeness (QED) is 0.698. The standard InChI is InChI=1S/C10H10N2O/c1-12-8-7-10(11-12)13-9-5-3-2-4-6-9/h2-8H,1H3. The highest BCUT2D eigenvalue weighted by Crippen LogP contribution is 2.17. The molecule has 0 N–H and O–H groups in total. The Morgan fingerprint density at radius 2 is 1.92 bits per heavy atom. The van der Waals surface area contributed by atoms with Crippen LogP contribution in [0.15, 0.2) is 42.6 Å². The normalized spacial score (nSPS) is 9.92. The van der Waals surface area contributed by atoms with Crippen LogP contribution in [-0.4, -0.2) is 9.78 Å². The van der Waals surface area contributed by atoms with Gasteiger partial charge in [0, 0.05) is 19.3 Å². The van der Waals surface area contributed by atoms with Gasteiger partial charge in [-0.1, -0.05) is 18.2 Å². The summed E-state index contributed by atoms with van der Waals surface area (Å²) >= 11 is 0. The Balaban J connectivity index is 2.15. The highest BCUT2D eigenvalue weighted by molar-refractivity contribution is 5.25. The number of hydrogen-bond donors (Lipinski definition) is 0. The second-order valence-corrected chi connectivity index (χ2v) is 2.74. The number of nitrogens with zero attached hydrogens (tertiary/aromatic N) is 2. The Hall–Kier alpha value is -1.77. The van der Waals surface area contributed by atoms with Crippen LogP contribution in [0.1, 0.15) is 0 Å². The Bertz CT molecular complexity index is 381. The molecule has 0 aliphatic carbocycles. The lowest BCUT2D eigenvalue weighted by atomic mass is 10.3. The fourth-order valence-electron chi connectivity index (χ4n) is 1.06. The third kappa shape index (κ3) is 1.87. The van der Waals surface area contributed by atoms with E-state index >= 15 is 0 Å². The molecule has 3 nitrogen and oxygen atoms in total. The van der Waals surface area contributed by atoms with Crippen LogP contribution in [0.4, 0.5) is 0 Å². The highest BCUT2D eigenvalue weighted by Gasteiger charge is 1.97. The average molecular weight is 174 g/mol. The van der Waals surface area contributed by atoms with E-state index in [4.69, 9.17) is 4.74 Å². The Morgan fingerprint density at radius 1 is 1.15 bits per heavy atom. The Kier molecular flexibility index (Phi) is 2.00. The average Bonchev–Trinajstić information content (AvgIpc) is 2.53. The molecule has 13 heavy (non-hydrogen) atoms. The molecule has 0 fully saturated rings. The second-order valence-electron chi connectivity index (χ2n) is 2.74. The summed E-state index contributed by atoms with van der Waals surface area (Å²) < 4.78 is 7.17. The predicted molar refractivity (Wildman–Crippen MR) is 49.7 cm³/mol. The molecule has 2 aromatic rings. The third-order valence-electron chi connectivity index (χ3n) is 1.65. The number of rotatable bonds is 2. The van der Waals surface area contributed by atoms with E-state index in [9.17, 15) is 0 Å². The van der Waals surface area contributed by atoms with E-state index in [-0.39, 0.29) is 0 Å².